The van der Waals surface area contributed by atoms with Gasteiger partial charge in [0.05, 0.1) is 17.6 Å². The van der Waals surface area contributed by atoms with Gasteiger partial charge in [-0.1, -0.05) is 23.6 Å². The van der Waals surface area contributed by atoms with Crippen LogP contribution in [0.4, 0.5) is 11.8 Å². The van der Waals surface area contributed by atoms with Crippen molar-refractivity contribution in [1.29, 1.82) is 0 Å². The SMILES string of the molecule is CCCNc1ncc(C(=O)Nc2nnn(C)n2)cc1Cl. The summed E-state index contributed by atoms with van der Waals surface area (Å²) in [5.41, 5.74) is 0.324. The van der Waals surface area contributed by atoms with E-state index in [1.54, 1.807) is 7.05 Å². The highest BCUT2D eigenvalue weighted by atomic mass is 35.5. The monoisotopic (exact) mass is 295 g/mol. The Bertz CT molecular complexity index is 613. The molecule has 2 rings (SSSR count). The molecule has 0 saturated carbocycles. The number of aryl methyl sites for hydroxylation is 1. The van der Waals surface area contributed by atoms with Crippen LogP contribution in [0, 0.1) is 0 Å². The van der Waals surface area contributed by atoms with Crippen molar-refractivity contribution in [2.75, 3.05) is 17.2 Å². The van der Waals surface area contributed by atoms with Gasteiger partial charge in [-0.15, -0.1) is 5.10 Å². The van der Waals surface area contributed by atoms with Gasteiger partial charge in [-0.05, 0) is 17.7 Å². The molecule has 20 heavy (non-hydrogen) atoms. The first-order valence-electron chi connectivity index (χ1n) is 6.05. The fourth-order valence-corrected chi connectivity index (χ4v) is 1.68. The number of hydrogen-bond acceptors (Lipinski definition) is 6. The smallest absolute Gasteiger partial charge is 0.270 e. The normalized spacial score (nSPS) is 10.3. The summed E-state index contributed by atoms with van der Waals surface area (Å²) in [5, 5.41) is 17.1. The molecule has 0 atom stereocenters. The maximum Gasteiger partial charge on any atom is 0.270 e. The first-order chi connectivity index (χ1) is 9.60. The number of nitrogens with one attached hydrogen (secondary N) is 2. The van der Waals surface area contributed by atoms with Gasteiger partial charge in [0.2, 0.25) is 0 Å². The maximum absolute atomic E-state index is 12.0. The summed E-state index contributed by atoms with van der Waals surface area (Å²) in [5.74, 6) is 0.291. The Hall–Kier alpha value is -2.22. The van der Waals surface area contributed by atoms with E-state index in [9.17, 15) is 4.79 Å². The number of halogens is 1. The number of tetrazole rings is 1. The van der Waals surface area contributed by atoms with Gasteiger partial charge in [-0.25, -0.2) is 4.98 Å². The van der Waals surface area contributed by atoms with E-state index in [0.717, 1.165) is 13.0 Å². The lowest BCUT2D eigenvalue weighted by molar-refractivity contribution is 0.102. The second kappa shape index (κ2) is 6.29. The van der Waals surface area contributed by atoms with Gasteiger partial charge >= 0.3 is 0 Å². The van der Waals surface area contributed by atoms with Crippen LogP contribution in [-0.2, 0) is 7.05 Å². The average Bonchev–Trinajstić information content (AvgIpc) is 2.82. The van der Waals surface area contributed by atoms with Crippen molar-refractivity contribution in [2.45, 2.75) is 13.3 Å². The number of pyridine rings is 1. The van der Waals surface area contributed by atoms with E-state index < -0.39 is 5.91 Å². The summed E-state index contributed by atoms with van der Waals surface area (Å²) in [4.78, 5) is 17.3. The molecule has 2 aromatic heterocycles. The third-order valence-electron chi connectivity index (χ3n) is 2.38. The highest BCUT2D eigenvalue weighted by Crippen LogP contribution is 2.20. The van der Waals surface area contributed by atoms with E-state index in [2.05, 4.69) is 31.0 Å². The number of carbonyl (C=O) groups is 1. The predicted octanol–water partition coefficient (Wildman–Crippen LogP) is 1.33. The quantitative estimate of drug-likeness (QED) is 0.863. The standard InChI is InChI=1S/C11H14ClN7O/c1-3-4-13-9-8(12)5-7(6-14-9)10(20)15-11-16-18-19(2)17-11/h5-6H,3-4H2,1-2H3,(H,13,14)(H,15,17,20). The number of amides is 1. The zero-order valence-electron chi connectivity index (χ0n) is 11.1. The lowest BCUT2D eigenvalue weighted by Gasteiger charge is -2.07. The molecule has 0 fully saturated rings. The molecule has 0 radical (unpaired) electrons. The molecular formula is C11H14ClN7O. The molecule has 2 N–H and O–H groups in total. The molecule has 9 heteroatoms. The van der Waals surface area contributed by atoms with Crippen molar-refractivity contribution in [2.24, 2.45) is 7.05 Å². The molecule has 0 bridgehead atoms. The molecule has 0 saturated heterocycles. The molecular weight excluding hydrogens is 282 g/mol. The van der Waals surface area contributed by atoms with Crippen LogP contribution in [0.1, 0.15) is 23.7 Å². The minimum atomic E-state index is -0.394. The zero-order valence-corrected chi connectivity index (χ0v) is 11.8. The Morgan fingerprint density at radius 1 is 1.50 bits per heavy atom. The van der Waals surface area contributed by atoms with Crippen molar-refractivity contribution in [3.05, 3.63) is 22.8 Å². The van der Waals surface area contributed by atoms with Gasteiger partial charge in [-0.3, -0.25) is 10.1 Å². The molecule has 2 heterocycles. The van der Waals surface area contributed by atoms with Gasteiger partial charge in [0.1, 0.15) is 5.82 Å². The highest BCUT2D eigenvalue weighted by Gasteiger charge is 2.12. The lowest BCUT2D eigenvalue weighted by atomic mass is 10.2. The van der Waals surface area contributed by atoms with Crippen LogP contribution in [0.2, 0.25) is 5.02 Å². The topological polar surface area (TPSA) is 97.6 Å². The number of nitrogens with zero attached hydrogens (tertiary/aromatic N) is 5. The Morgan fingerprint density at radius 3 is 2.90 bits per heavy atom. The summed E-state index contributed by atoms with van der Waals surface area (Å²) in [6.07, 6.45) is 2.40. The average molecular weight is 296 g/mol. The summed E-state index contributed by atoms with van der Waals surface area (Å²) in [6.45, 7) is 2.80. The van der Waals surface area contributed by atoms with Crippen LogP contribution < -0.4 is 10.6 Å². The van der Waals surface area contributed by atoms with Crippen molar-refractivity contribution in [3.8, 4) is 0 Å². The fourth-order valence-electron chi connectivity index (χ4n) is 1.44. The number of anilines is 2. The molecule has 1 amide bonds. The number of aromatic nitrogens is 5. The number of carbonyl (C=O) groups excluding carboxylic acids is 1. The second-order valence-corrected chi connectivity index (χ2v) is 4.45. The molecule has 0 aliphatic carbocycles. The molecule has 0 aromatic carbocycles. The molecule has 8 nitrogen and oxygen atoms in total. The molecule has 0 unspecified atom stereocenters. The Labute approximate surface area is 120 Å². The Morgan fingerprint density at radius 2 is 2.30 bits per heavy atom. The van der Waals surface area contributed by atoms with Gasteiger partial charge < -0.3 is 5.32 Å². The maximum atomic E-state index is 12.0. The van der Waals surface area contributed by atoms with Crippen molar-refractivity contribution >= 4 is 29.3 Å². The minimum absolute atomic E-state index is 0.127. The molecule has 0 aliphatic rings. The highest BCUT2D eigenvalue weighted by molar-refractivity contribution is 6.33. The summed E-state index contributed by atoms with van der Waals surface area (Å²) >= 11 is 6.06. The van der Waals surface area contributed by atoms with E-state index in [1.165, 1.54) is 17.1 Å². The Kier molecular flexibility index (Phi) is 4.46. The van der Waals surface area contributed by atoms with Crippen LogP contribution in [-0.4, -0.2) is 37.6 Å². The predicted molar refractivity (Wildman–Crippen MR) is 74.8 cm³/mol. The van der Waals surface area contributed by atoms with Gasteiger partial charge in [-0.2, -0.15) is 4.80 Å². The van der Waals surface area contributed by atoms with Gasteiger partial charge in [0, 0.05) is 12.7 Å². The number of rotatable bonds is 5. The van der Waals surface area contributed by atoms with Crippen molar-refractivity contribution < 1.29 is 4.79 Å². The molecule has 106 valence electrons. The van der Waals surface area contributed by atoms with E-state index in [1.807, 2.05) is 6.92 Å². The molecule has 0 spiro atoms. The van der Waals surface area contributed by atoms with E-state index in [4.69, 9.17) is 11.6 Å². The van der Waals surface area contributed by atoms with Crippen LogP contribution in [0.25, 0.3) is 0 Å². The van der Waals surface area contributed by atoms with Crippen LogP contribution in [0.3, 0.4) is 0 Å². The van der Waals surface area contributed by atoms with Crippen LogP contribution >= 0.6 is 11.6 Å². The first-order valence-corrected chi connectivity index (χ1v) is 6.42. The number of hydrogen-bond donors (Lipinski definition) is 2. The fraction of sp³-hybridized carbons (Fsp3) is 0.364. The van der Waals surface area contributed by atoms with Crippen LogP contribution in [0.15, 0.2) is 12.3 Å². The summed E-state index contributed by atoms with van der Waals surface area (Å²) in [6, 6.07) is 1.54. The van der Waals surface area contributed by atoms with E-state index >= 15 is 0 Å². The first kappa shape index (κ1) is 14.2. The van der Waals surface area contributed by atoms with E-state index in [-0.39, 0.29) is 5.95 Å². The summed E-state index contributed by atoms with van der Waals surface area (Å²) in [7, 11) is 1.61. The van der Waals surface area contributed by atoms with Gasteiger partial charge in [0.15, 0.2) is 0 Å². The van der Waals surface area contributed by atoms with E-state index in [0.29, 0.717) is 16.4 Å². The lowest BCUT2D eigenvalue weighted by Crippen LogP contribution is -2.14. The second-order valence-electron chi connectivity index (χ2n) is 4.04. The largest absolute Gasteiger partial charge is 0.369 e. The summed E-state index contributed by atoms with van der Waals surface area (Å²) < 4.78 is 0. The zero-order chi connectivity index (χ0) is 14.5. The Balaban J connectivity index is 2.08. The third kappa shape index (κ3) is 3.41. The third-order valence-corrected chi connectivity index (χ3v) is 2.67. The minimum Gasteiger partial charge on any atom is -0.369 e. The van der Waals surface area contributed by atoms with Crippen molar-refractivity contribution in [3.63, 3.8) is 0 Å². The van der Waals surface area contributed by atoms with Crippen LogP contribution in [0.5, 0.6) is 0 Å². The van der Waals surface area contributed by atoms with Crippen molar-refractivity contribution in [1.82, 2.24) is 25.2 Å². The molecule has 2 aromatic rings. The van der Waals surface area contributed by atoms with Gasteiger partial charge in [0.25, 0.3) is 11.9 Å². The molecule has 0 aliphatic heterocycles.